The normalized spacial score (nSPS) is 10.4. The summed E-state index contributed by atoms with van der Waals surface area (Å²) in [5, 5.41) is 13.3. The molecule has 1 heterocycles. The van der Waals surface area contributed by atoms with Crippen LogP contribution in [0.5, 0.6) is 0 Å². The number of carboxylic acids is 1. The molecule has 106 valence electrons. The van der Waals surface area contributed by atoms with Crippen molar-refractivity contribution in [1.82, 2.24) is 5.32 Å². The molecule has 0 aromatic carbocycles. The van der Waals surface area contributed by atoms with Crippen molar-refractivity contribution in [2.75, 3.05) is 6.54 Å². The van der Waals surface area contributed by atoms with Gasteiger partial charge in [-0.25, -0.2) is 4.79 Å². The maximum atomic E-state index is 11.8. The monoisotopic (exact) mass is 283 g/mol. The van der Waals surface area contributed by atoms with Crippen molar-refractivity contribution >= 4 is 23.2 Å². The molecule has 0 atom stereocenters. The molecule has 1 aromatic heterocycles. The number of unbranched alkanes of at least 4 members (excludes halogenated alkanes) is 5. The summed E-state index contributed by atoms with van der Waals surface area (Å²) in [7, 11) is 0. The molecule has 0 bridgehead atoms. The van der Waals surface area contributed by atoms with Crippen LogP contribution in [-0.4, -0.2) is 23.5 Å². The van der Waals surface area contributed by atoms with Gasteiger partial charge in [0.05, 0.1) is 5.56 Å². The van der Waals surface area contributed by atoms with E-state index in [4.69, 9.17) is 5.11 Å². The quantitative estimate of drug-likeness (QED) is 0.681. The van der Waals surface area contributed by atoms with Crippen LogP contribution < -0.4 is 5.32 Å². The van der Waals surface area contributed by atoms with Crippen molar-refractivity contribution in [2.24, 2.45) is 0 Å². The predicted molar refractivity (Wildman–Crippen MR) is 77.0 cm³/mol. The molecule has 5 heteroatoms. The first-order chi connectivity index (χ1) is 9.16. The lowest BCUT2D eigenvalue weighted by Gasteiger charge is -2.04. The number of carbonyl (C=O) groups excluding carboxylic acids is 1. The summed E-state index contributed by atoms with van der Waals surface area (Å²) < 4.78 is 0. The zero-order chi connectivity index (χ0) is 14.1. The predicted octanol–water partition coefficient (Wildman–Crippen LogP) is 3.54. The molecule has 0 aliphatic rings. The van der Waals surface area contributed by atoms with Crippen molar-refractivity contribution in [1.29, 1.82) is 0 Å². The molecular formula is C14H21NO3S. The Morgan fingerprint density at radius 2 is 1.89 bits per heavy atom. The van der Waals surface area contributed by atoms with Gasteiger partial charge in [-0.15, -0.1) is 11.3 Å². The highest BCUT2D eigenvalue weighted by molar-refractivity contribution is 7.12. The van der Waals surface area contributed by atoms with Crippen LogP contribution in [0.25, 0.3) is 0 Å². The van der Waals surface area contributed by atoms with Gasteiger partial charge in [-0.2, -0.15) is 0 Å². The molecule has 0 spiro atoms. The summed E-state index contributed by atoms with van der Waals surface area (Å²) in [6.45, 7) is 2.79. The van der Waals surface area contributed by atoms with Gasteiger partial charge >= 0.3 is 5.97 Å². The molecule has 4 nitrogen and oxygen atoms in total. The van der Waals surface area contributed by atoms with Crippen LogP contribution in [0, 0.1) is 0 Å². The fourth-order valence-electron chi connectivity index (χ4n) is 1.84. The number of thiophene rings is 1. The lowest BCUT2D eigenvalue weighted by molar-refractivity contribution is 0.0692. The molecular weight excluding hydrogens is 262 g/mol. The summed E-state index contributed by atoms with van der Waals surface area (Å²) in [6, 6.07) is 1.46. The van der Waals surface area contributed by atoms with E-state index in [0.29, 0.717) is 11.4 Å². The summed E-state index contributed by atoms with van der Waals surface area (Å²) in [5.74, 6) is -1.33. The van der Waals surface area contributed by atoms with E-state index in [1.807, 2.05) is 0 Å². The van der Waals surface area contributed by atoms with Crippen LogP contribution in [-0.2, 0) is 0 Å². The van der Waals surface area contributed by atoms with Crippen molar-refractivity contribution in [3.05, 3.63) is 21.9 Å². The molecule has 0 saturated heterocycles. The smallest absolute Gasteiger partial charge is 0.337 e. The average molecular weight is 283 g/mol. The Balaban J connectivity index is 2.24. The van der Waals surface area contributed by atoms with E-state index in [1.54, 1.807) is 5.38 Å². The fourth-order valence-corrected chi connectivity index (χ4v) is 2.64. The van der Waals surface area contributed by atoms with E-state index in [9.17, 15) is 9.59 Å². The minimum atomic E-state index is -1.05. The lowest BCUT2D eigenvalue weighted by atomic mass is 10.1. The SMILES string of the molecule is CCCCCCCCNC(=O)c1sccc1C(=O)O. The van der Waals surface area contributed by atoms with Crippen LogP contribution in [0.3, 0.4) is 0 Å². The molecule has 0 aliphatic heterocycles. The molecule has 0 aliphatic carbocycles. The number of aromatic carboxylic acids is 1. The summed E-state index contributed by atoms with van der Waals surface area (Å²) in [4.78, 5) is 23.0. The molecule has 1 aromatic rings. The van der Waals surface area contributed by atoms with Gasteiger partial charge in [0, 0.05) is 6.54 Å². The Morgan fingerprint density at radius 3 is 2.58 bits per heavy atom. The van der Waals surface area contributed by atoms with Gasteiger partial charge in [0.2, 0.25) is 0 Å². The van der Waals surface area contributed by atoms with Crippen LogP contribution in [0.2, 0.25) is 0 Å². The van der Waals surface area contributed by atoms with E-state index >= 15 is 0 Å². The summed E-state index contributed by atoms with van der Waals surface area (Å²) >= 11 is 1.17. The first-order valence-electron chi connectivity index (χ1n) is 6.75. The van der Waals surface area contributed by atoms with E-state index in [1.165, 1.54) is 43.1 Å². The van der Waals surface area contributed by atoms with E-state index in [-0.39, 0.29) is 11.5 Å². The number of hydrogen-bond acceptors (Lipinski definition) is 3. The van der Waals surface area contributed by atoms with Gasteiger partial charge in [0.1, 0.15) is 4.88 Å². The first kappa shape index (κ1) is 15.7. The second-order valence-corrected chi connectivity index (χ2v) is 5.41. The number of nitrogens with one attached hydrogen (secondary N) is 1. The van der Waals surface area contributed by atoms with E-state index in [0.717, 1.165) is 12.8 Å². The van der Waals surface area contributed by atoms with Crippen LogP contribution in [0.15, 0.2) is 11.4 Å². The number of rotatable bonds is 9. The zero-order valence-corrected chi connectivity index (χ0v) is 12.1. The number of carbonyl (C=O) groups is 2. The van der Waals surface area contributed by atoms with Crippen molar-refractivity contribution in [3.63, 3.8) is 0 Å². The standard InChI is InChI=1S/C14H21NO3S/c1-2-3-4-5-6-7-9-15-13(16)12-11(14(17)18)8-10-19-12/h8,10H,2-7,9H2,1H3,(H,15,16)(H,17,18). The third-order valence-electron chi connectivity index (χ3n) is 2.92. The van der Waals surface area contributed by atoms with E-state index in [2.05, 4.69) is 12.2 Å². The highest BCUT2D eigenvalue weighted by atomic mass is 32.1. The van der Waals surface area contributed by atoms with E-state index < -0.39 is 5.97 Å². The van der Waals surface area contributed by atoms with Gasteiger partial charge in [-0.1, -0.05) is 39.0 Å². The Labute approximate surface area is 117 Å². The van der Waals surface area contributed by atoms with Crippen LogP contribution in [0.1, 0.15) is 65.5 Å². The Bertz CT molecular complexity index is 415. The highest BCUT2D eigenvalue weighted by Gasteiger charge is 2.17. The Hall–Kier alpha value is -1.36. The van der Waals surface area contributed by atoms with Crippen molar-refractivity contribution in [2.45, 2.75) is 45.4 Å². The zero-order valence-electron chi connectivity index (χ0n) is 11.3. The molecule has 0 unspecified atom stereocenters. The van der Waals surface area contributed by atoms with Crippen molar-refractivity contribution < 1.29 is 14.7 Å². The maximum Gasteiger partial charge on any atom is 0.337 e. The first-order valence-corrected chi connectivity index (χ1v) is 7.63. The van der Waals surface area contributed by atoms with Crippen LogP contribution in [0.4, 0.5) is 0 Å². The van der Waals surface area contributed by atoms with Gasteiger partial charge in [-0.05, 0) is 17.9 Å². The number of carboxylic acid groups (broad SMARTS) is 1. The molecule has 0 fully saturated rings. The van der Waals surface area contributed by atoms with Gasteiger partial charge in [0.15, 0.2) is 0 Å². The Kier molecular flexibility index (Phi) is 7.18. The molecule has 2 N–H and O–H groups in total. The summed E-state index contributed by atoms with van der Waals surface area (Å²) in [5.41, 5.74) is 0.0884. The van der Waals surface area contributed by atoms with Gasteiger partial charge in [-0.3, -0.25) is 4.79 Å². The lowest BCUT2D eigenvalue weighted by Crippen LogP contribution is -2.25. The number of amides is 1. The minimum Gasteiger partial charge on any atom is -0.478 e. The largest absolute Gasteiger partial charge is 0.478 e. The molecule has 19 heavy (non-hydrogen) atoms. The Morgan fingerprint density at radius 1 is 1.21 bits per heavy atom. The minimum absolute atomic E-state index is 0.0884. The maximum absolute atomic E-state index is 11.8. The third kappa shape index (κ3) is 5.42. The summed E-state index contributed by atoms with van der Waals surface area (Å²) in [6.07, 6.45) is 7.00. The van der Waals surface area contributed by atoms with Gasteiger partial charge in [0.25, 0.3) is 5.91 Å². The topological polar surface area (TPSA) is 66.4 Å². The number of hydrogen-bond donors (Lipinski definition) is 2. The van der Waals surface area contributed by atoms with Crippen molar-refractivity contribution in [3.8, 4) is 0 Å². The van der Waals surface area contributed by atoms with Gasteiger partial charge < -0.3 is 10.4 Å². The third-order valence-corrected chi connectivity index (χ3v) is 3.83. The second-order valence-electron chi connectivity index (χ2n) is 4.49. The molecule has 1 rings (SSSR count). The second kappa shape index (κ2) is 8.69. The fraction of sp³-hybridized carbons (Fsp3) is 0.571. The molecule has 1 amide bonds. The highest BCUT2D eigenvalue weighted by Crippen LogP contribution is 2.16. The van der Waals surface area contributed by atoms with Crippen LogP contribution >= 0.6 is 11.3 Å². The molecule has 0 radical (unpaired) electrons. The molecule has 0 saturated carbocycles. The average Bonchev–Trinajstić information content (AvgIpc) is 2.87.